The molecule has 2 N–H and O–H groups in total. The summed E-state index contributed by atoms with van der Waals surface area (Å²) in [5.74, 6) is -1.53. The van der Waals surface area contributed by atoms with Crippen LogP contribution in [-0.2, 0) is 24.9 Å². The van der Waals surface area contributed by atoms with Crippen LogP contribution in [0.15, 0.2) is 52.6 Å². The topological polar surface area (TPSA) is 113 Å². The quantitative estimate of drug-likeness (QED) is 0.280. The number of benzene rings is 2. The molecule has 0 amide bonds. The molecule has 3 aromatic heterocycles. The van der Waals surface area contributed by atoms with Crippen LogP contribution in [0.4, 0.5) is 13.2 Å². The van der Waals surface area contributed by atoms with Gasteiger partial charge in [0, 0.05) is 43.4 Å². The van der Waals surface area contributed by atoms with Crippen LogP contribution in [0, 0.1) is 6.92 Å². The van der Waals surface area contributed by atoms with Crippen molar-refractivity contribution in [2.45, 2.75) is 44.6 Å². The molecule has 2 aromatic carbocycles. The number of nitrogens with one attached hydrogen (secondary N) is 1. The standard InChI is InChI=1S/C29H26F3N5O4S/c1-15-19(3-4-22-27(15)34-35-36(22)2)20(11-26(39)40)17-9-16-7-8-42-28(16)18(10-17)12-37-13-21-23(5-6-25(38)33-21)41-24(14-37)29(30,31)32/h3-10,20,24H,11-14H2,1-2H3,(H,33,38)(H,39,40)/t20-,24+/m1/s1. The Morgan fingerprint density at radius 2 is 2.05 bits per heavy atom. The number of alkyl halides is 3. The summed E-state index contributed by atoms with van der Waals surface area (Å²) in [6.45, 7) is 1.60. The van der Waals surface area contributed by atoms with Gasteiger partial charge in [-0.25, -0.2) is 4.68 Å². The van der Waals surface area contributed by atoms with Gasteiger partial charge in [0.1, 0.15) is 11.3 Å². The first-order chi connectivity index (χ1) is 20.0. The van der Waals surface area contributed by atoms with Crippen LogP contribution in [-0.4, -0.2) is 54.8 Å². The van der Waals surface area contributed by atoms with Gasteiger partial charge in [-0.3, -0.25) is 14.5 Å². The highest BCUT2D eigenvalue weighted by Crippen LogP contribution is 2.38. The lowest BCUT2D eigenvalue weighted by atomic mass is 9.84. The van der Waals surface area contributed by atoms with E-state index >= 15 is 0 Å². The van der Waals surface area contributed by atoms with Crippen molar-refractivity contribution in [3.8, 4) is 5.75 Å². The molecule has 0 spiro atoms. The number of rotatable bonds is 6. The molecule has 0 fully saturated rings. The van der Waals surface area contributed by atoms with Crippen LogP contribution in [0.25, 0.3) is 21.1 Å². The molecule has 0 radical (unpaired) electrons. The van der Waals surface area contributed by atoms with Crippen molar-refractivity contribution in [1.29, 1.82) is 0 Å². The summed E-state index contributed by atoms with van der Waals surface area (Å²) in [7, 11) is 1.78. The van der Waals surface area contributed by atoms with Gasteiger partial charge in [-0.05, 0) is 64.2 Å². The number of hydrogen-bond acceptors (Lipinski definition) is 7. The number of ether oxygens (including phenoxy) is 1. The van der Waals surface area contributed by atoms with Gasteiger partial charge < -0.3 is 14.8 Å². The van der Waals surface area contributed by atoms with E-state index in [1.54, 1.807) is 16.6 Å². The van der Waals surface area contributed by atoms with Gasteiger partial charge in [-0.2, -0.15) is 13.2 Å². The third kappa shape index (κ3) is 5.25. The van der Waals surface area contributed by atoms with Crippen LogP contribution in [0.1, 0.15) is 40.3 Å². The predicted octanol–water partition coefficient (Wildman–Crippen LogP) is 5.11. The number of carbonyl (C=O) groups is 1. The number of H-pyrrole nitrogens is 1. The van der Waals surface area contributed by atoms with Crippen molar-refractivity contribution in [1.82, 2.24) is 24.9 Å². The third-order valence-electron chi connectivity index (χ3n) is 7.68. The van der Waals surface area contributed by atoms with Crippen LogP contribution in [0.3, 0.4) is 0 Å². The molecule has 5 aromatic rings. The molecule has 9 nitrogen and oxygen atoms in total. The van der Waals surface area contributed by atoms with Gasteiger partial charge in [0.25, 0.3) is 0 Å². The van der Waals surface area contributed by atoms with Gasteiger partial charge in [0.2, 0.25) is 11.7 Å². The van der Waals surface area contributed by atoms with Crippen molar-refractivity contribution < 1.29 is 27.8 Å². The molecule has 0 aliphatic carbocycles. The number of carboxylic acid groups (broad SMARTS) is 1. The van der Waals surface area contributed by atoms with Gasteiger partial charge >= 0.3 is 12.1 Å². The first-order valence-electron chi connectivity index (χ1n) is 13.2. The summed E-state index contributed by atoms with van der Waals surface area (Å²) in [5, 5.41) is 21.0. The van der Waals surface area contributed by atoms with Gasteiger partial charge in [0.15, 0.2) is 0 Å². The molecule has 1 aliphatic rings. The Kier molecular flexibility index (Phi) is 7.01. The van der Waals surface area contributed by atoms with E-state index in [4.69, 9.17) is 4.74 Å². The zero-order chi connectivity index (χ0) is 29.8. The highest BCUT2D eigenvalue weighted by molar-refractivity contribution is 7.17. The molecule has 0 saturated heterocycles. The second-order valence-corrected chi connectivity index (χ2v) is 11.4. The summed E-state index contributed by atoms with van der Waals surface area (Å²) >= 11 is 1.46. The molecule has 4 heterocycles. The molecule has 0 saturated carbocycles. The number of aryl methyl sites for hydroxylation is 2. The van der Waals surface area contributed by atoms with E-state index in [1.165, 1.54) is 17.4 Å². The number of aromatic amines is 1. The second-order valence-electron chi connectivity index (χ2n) is 10.5. The van der Waals surface area contributed by atoms with Crippen molar-refractivity contribution >= 4 is 38.4 Å². The molecule has 2 atom stereocenters. The minimum atomic E-state index is -4.63. The first kappa shape index (κ1) is 27.9. The number of thiophene rings is 1. The van der Waals surface area contributed by atoms with E-state index in [0.717, 1.165) is 43.9 Å². The monoisotopic (exact) mass is 597 g/mol. The fourth-order valence-electron chi connectivity index (χ4n) is 5.69. The van der Waals surface area contributed by atoms with Crippen LogP contribution < -0.4 is 10.3 Å². The van der Waals surface area contributed by atoms with Crippen molar-refractivity contribution in [2.24, 2.45) is 7.05 Å². The zero-order valence-electron chi connectivity index (χ0n) is 22.6. The molecule has 42 heavy (non-hydrogen) atoms. The maximum Gasteiger partial charge on any atom is 0.426 e. The lowest BCUT2D eigenvalue weighted by Crippen LogP contribution is -2.42. The molecular formula is C29H26F3N5O4S. The van der Waals surface area contributed by atoms with E-state index in [-0.39, 0.29) is 31.0 Å². The average molecular weight is 598 g/mol. The number of aliphatic carboxylic acids is 1. The van der Waals surface area contributed by atoms with E-state index in [2.05, 4.69) is 15.3 Å². The minimum absolute atomic E-state index is 0.00847. The summed E-state index contributed by atoms with van der Waals surface area (Å²) in [4.78, 5) is 28.3. The van der Waals surface area contributed by atoms with Gasteiger partial charge in [-0.15, -0.1) is 16.4 Å². The number of nitrogens with zero attached hydrogens (tertiary/aromatic N) is 4. The van der Waals surface area contributed by atoms with Gasteiger partial charge in [0.05, 0.1) is 17.6 Å². The maximum atomic E-state index is 14.0. The number of hydrogen-bond donors (Lipinski definition) is 2. The van der Waals surface area contributed by atoms with E-state index in [0.29, 0.717) is 5.52 Å². The lowest BCUT2D eigenvalue weighted by Gasteiger charge is -2.26. The Hall–Kier alpha value is -4.23. The summed E-state index contributed by atoms with van der Waals surface area (Å²) < 4.78 is 49.7. The normalized spacial score (nSPS) is 16.7. The Labute approximate surface area is 241 Å². The largest absolute Gasteiger partial charge is 0.481 e. The van der Waals surface area contributed by atoms with Crippen LogP contribution in [0.5, 0.6) is 5.75 Å². The third-order valence-corrected chi connectivity index (χ3v) is 8.68. The summed E-state index contributed by atoms with van der Waals surface area (Å²) in [6, 6.07) is 11.9. The average Bonchev–Trinajstić information content (AvgIpc) is 3.50. The van der Waals surface area contributed by atoms with Crippen molar-refractivity contribution in [3.63, 3.8) is 0 Å². The van der Waals surface area contributed by atoms with E-state index < -0.39 is 36.3 Å². The molecule has 218 valence electrons. The number of halogens is 3. The Morgan fingerprint density at radius 1 is 1.24 bits per heavy atom. The van der Waals surface area contributed by atoms with Crippen LogP contribution in [0.2, 0.25) is 0 Å². The van der Waals surface area contributed by atoms with E-state index in [1.807, 2.05) is 42.6 Å². The highest BCUT2D eigenvalue weighted by atomic mass is 32.1. The minimum Gasteiger partial charge on any atom is -0.481 e. The molecule has 0 bridgehead atoms. The van der Waals surface area contributed by atoms with Crippen molar-refractivity contribution in [2.75, 3.05) is 6.54 Å². The van der Waals surface area contributed by atoms with Gasteiger partial charge in [-0.1, -0.05) is 17.3 Å². The van der Waals surface area contributed by atoms with E-state index in [9.17, 15) is 27.9 Å². The number of aromatic nitrogens is 4. The zero-order valence-corrected chi connectivity index (χ0v) is 23.4. The molecule has 0 unspecified atom stereocenters. The molecule has 13 heteroatoms. The maximum absolute atomic E-state index is 14.0. The number of carboxylic acids is 1. The highest BCUT2D eigenvalue weighted by Gasteiger charge is 2.44. The number of fused-ring (bicyclic) bond motifs is 3. The Balaban J connectivity index is 1.43. The lowest BCUT2D eigenvalue weighted by molar-refractivity contribution is -0.198. The smallest absolute Gasteiger partial charge is 0.426 e. The Bertz CT molecular complexity index is 1880. The van der Waals surface area contributed by atoms with Crippen molar-refractivity contribution in [3.05, 3.63) is 86.1 Å². The second kappa shape index (κ2) is 10.6. The van der Waals surface area contributed by atoms with Crippen LogP contribution >= 0.6 is 11.3 Å². The fraction of sp³-hybridized carbons (Fsp3) is 0.310. The predicted molar refractivity (Wildman–Crippen MR) is 151 cm³/mol. The molecule has 1 aliphatic heterocycles. The Morgan fingerprint density at radius 3 is 2.81 bits per heavy atom. The molecular weight excluding hydrogens is 571 g/mol. The summed E-state index contributed by atoms with van der Waals surface area (Å²) in [6.07, 6.45) is -6.91. The number of pyridine rings is 1. The SMILES string of the molecule is Cc1c([C@H](CC(=O)O)c2cc(CN3Cc4[nH]c(=O)ccc4O[C@H](C(F)(F)F)C3)c3sccc3c2)ccc2c1nnn2C. The first-order valence-corrected chi connectivity index (χ1v) is 14.0. The summed E-state index contributed by atoms with van der Waals surface area (Å²) in [5.41, 5.74) is 4.43. The fourth-order valence-corrected chi connectivity index (χ4v) is 6.57. The molecule has 6 rings (SSSR count).